The van der Waals surface area contributed by atoms with Crippen molar-refractivity contribution < 1.29 is 27.5 Å². The van der Waals surface area contributed by atoms with Crippen LogP contribution in [-0.4, -0.2) is 88.0 Å². The molecule has 1 aromatic carbocycles. The molecule has 3 amide bonds. The summed E-state index contributed by atoms with van der Waals surface area (Å²) in [5.74, 6) is -0.158. The fourth-order valence-electron chi connectivity index (χ4n) is 3.70. The third-order valence-electron chi connectivity index (χ3n) is 5.77. The van der Waals surface area contributed by atoms with Gasteiger partial charge in [0, 0.05) is 44.9 Å². The van der Waals surface area contributed by atoms with Gasteiger partial charge in [0.25, 0.3) is 5.91 Å². The second-order valence-electron chi connectivity index (χ2n) is 9.07. The van der Waals surface area contributed by atoms with Crippen molar-refractivity contribution in [2.24, 2.45) is 5.92 Å². The fourth-order valence-corrected chi connectivity index (χ4v) is 4.33. The van der Waals surface area contributed by atoms with Gasteiger partial charge in [0.1, 0.15) is 12.4 Å². The number of sulfonamides is 1. The minimum Gasteiger partial charge on any atom is -0.491 e. The van der Waals surface area contributed by atoms with Crippen molar-refractivity contribution in [3.63, 3.8) is 0 Å². The smallest absolute Gasteiger partial charge is 0.317 e. The Hall–Kier alpha value is -2.53. The Bertz CT molecular complexity index is 968. The number of nitrogens with one attached hydrogen (secondary N) is 2. The average Bonchev–Trinajstić information content (AvgIpc) is 2.77. The molecule has 1 aliphatic heterocycles. The molecular formula is C23H38N4O6S. The van der Waals surface area contributed by atoms with Crippen molar-refractivity contribution in [1.82, 2.24) is 15.1 Å². The molecule has 192 valence electrons. The van der Waals surface area contributed by atoms with Crippen molar-refractivity contribution in [3.05, 3.63) is 23.8 Å². The minimum atomic E-state index is -3.51. The molecular weight excluding hydrogens is 460 g/mol. The summed E-state index contributed by atoms with van der Waals surface area (Å²) in [7, 11) is -0.269. The molecule has 0 unspecified atom stereocenters. The maximum atomic E-state index is 13.3. The molecule has 0 bridgehead atoms. The molecule has 0 aliphatic carbocycles. The van der Waals surface area contributed by atoms with Crippen molar-refractivity contribution in [3.8, 4) is 5.75 Å². The molecule has 0 saturated carbocycles. The number of rotatable bonds is 5. The predicted molar refractivity (Wildman–Crippen MR) is 132 cm³/mol. The van der Waals surface area contributed by atoms with Crippen LogP contribution in [-0.2, 0) is 14.8 Å². The lowest BCUT2D eigenvalue weighted by atomic mass is 10.0. The van der Waals surface area contributed by atoms with Crippen LogP contribution in [0, 0.1) is 5.92 Å². The Morgan fingerprint density at radius 3 is 2.53 bits per heavy atom. The highest BCUT2D eigenvalue weighted by Gasteiger charge is 2.30. The summed E-state index contributed by atoms with van der Waals surface area (Å²) in [6.45, 7) is 10.1. The first-order chi connectivity index (χ1) is 15.9. The van der Waals surface area contributed by atoms with Gasteiger partial charge in [0.15, 0.2) is 0 Å². The summed E-state index contributed by atoms with van der Waals surface area (Å²) in [5.41, 5.74) is 0.507. The Balaban J connectivity index is 2.47. The SMILES string of the molecule is CCS(=O)(=O)Nc1ccc2c(c1)C(=O)N(C)C[C@@H](OC)[C@H](C)CN(C(=O)NC(C)C)[C@H](C)CO2. The van der Waals surface area contributed by atoms with E-state index < -0.39 is 10.0 Å². The Labute approximate surface area is 203 Å². The van der Waals surface area contributed by atoms with Gasteiger partial charge >= 0.3 is 6.03 Å². The maximum Gasteiger partial charge on any atom is 0.317 e. The topological polar surface area (TPSA) is 117 Å². The molecule has 2 N–H and O–H groups in total. The maximum absolute atomic E-state index is 13.3. The number of methoxy groups -OCH3 is 1. The molecule has 0 saturated heterocycles. The van der Waals surface area contributed by atoms with E-state index in [1.54, 1.807) is 31.2 Å². The number of hydrogen-bond donors (Lipinski definition) is 2. The minimum absolute atomic E-state index is 0.0228. The normalized spacial score (nSPS) is 22.4. The fraction of sp³-hybridized carbons (Fsp3) is 0.652. The van der Waals surface area contributed by atoms with E-state index in [1.807, 2.05) is 27.7 Å². The summed E-state index contributed by atoms with van der Waals surface area (Å²) in [6, 6.07) is 4.09. The van der Waals surface area contributed by atoms with Crippen molar-refractivity contribution in [2.75, 3.05) is 44.3 Å². The molecule has 1 heterocycles. The molecule has 1 aromatic rings. The number of anilines is 1. The number of carbonyl (C=O) groups excluding carboxylic acids is 2. The van der Waals surface area contributed by atoms with Crippen LogP contribution in [0.15, 0.2) is 18.2 Å². The lowest BCUT2D eigenvalue weighted by Gasteiger charge is -2.36. The molecule has 0 fully saturated rings. The number of likely N-dealkylation sites (N-methyl/N-ethyl adjacent to an activating group) is 1. The molecule has 0 radical (unpaired) electrons. The lowest BCUT2D eigenvalue weighted by Crippen LogP contribution is -2.52. The first-order valence-electron chi connectivity index (χ1n) is 11.5. The monoisotopic (exact) mass is 498 g/mol. The van der Waals surface area contributed by atoms with Crippen LogP contribution in [0.2, 0.25) is 0 Å². The van der Waals surface area contributed by atoms with Gasteiger partial charge in [-0.1, -0.05) is 6.92 Å². The van der Waals surface area contributed by atoms with Crippen LogP contribution in [0.4, 0.5) is 10.5 Å². The predicted octanol–water partition coefficient (Wildman–Crippen LogP) is 2.37. The zero-order chi connectivity index (χ0) is 25.6. The quantitative estimate of drug-likeness (QED) is 0.644. The largest absolute Gasteiger partial charge is 0.491 e. The van der Waals surface area contributed by atoms with E-state index in [4.69, 9.17) is 9.47 Å². The molecule has 1 aliphatic rings. The summed E-state index contributed by atoms with van der Waals surface area (Å²) in [5, 5.41) is 2.94. The Morgan fingerprint density at radius 1 is 1.26 bits per heavy atom. The third kappa shape index (κ3) is 7.23. The summed E-state index contributed by atoms with van der Waals surface area (Å²) in [6.07, 6.45) is -0.318. The molecule has 3 atom stereocenters. The second kappa shape index (κ2) is 11.7. The zero-order valence-corrected chi connectivity index (χ0v) is 21.9. The van der Waals surface area contributed by atoms with E-state index >= 15 is 0 Å². The van der Waals surface area contributed by atoms with Gasteiger partial charge in [0.2, 0.25) is 10.0 Å². The van der Waals surface area contributed by atoms with Crippen LogP contribution in [0.25, 0.3) is 0 Å². The first-order valence-corrected chi connectivity index (χ1v) is 13.2. The van der Waals surface area contributed by atoms with Gasteiger partial charge in [-0.25, -0.2) is 13.2 Å². The Morgan fingerprint density at radius 2 is 1.94 bits per heavy atom. The number of urea groups is 1. The zero-order valence-electron chi connectivity index (χ0n) is 21.1. The van der Waals surface area contributed by atoms with Gasteiger partial charge in [-0.3, -0.25) is 9.52 Å². The summed E-state index contributed by atoms with van der Waals surface area (Å²) in [4.78, 5) is 29.5. The van der Waals surface area contributed by atoms with Crippen molar-refractivity contribution in [1.29, 1.82) is 0 Å². The summed E-state index contributed by atoms with van der Waals surface area (Å²) >= 11 is 0. The van der Waals surface area contributed by atoms with Crippen LogP contribution >= 0.6 is 0 Å². The van der Waals surface area contributed by atoms with Gasteiger partial charge in [0.05, 0.1) is 23.5 Å². The number of amides is 3. The number of hydrogen-bond acceptors (Lipinski definition) is 6. The second-order valence-corrected chi connectivity index (χ2v) is 11.1. The average molecular weight is 499 g/mol. The number of fused-ring (bicyclic) bond motifs is 1. The summed E-state index contributed by atoms with van der Waals surface area (Å²) < 4.78 is 38.2. The van der Waals surface area contributed by atoms with Crippen LogP contribution in [0.1, 0.15) is 45.0 Å². The van der Waals surface area contributed by atoms with Crippen LogP contribution in [0.3, 0.4) is 0 Å². The highest BCUT2D eigenvalue weighted by Crippen LogP contribution is 2.27. The van der Waals surface area contributed by atoms with Gasteiger partial charge in [-0.15, -0.1) is 0 Å². The van der Waals surface area contributed by atoms with Crippen LogP contribution < -0.4 is 14.8 Å². The van der Waals surface area contributed by atoms with Gasteiger partial charge < -0.3 is 24.6 Å². The molecule has 2 rings (SSSR count). The number of nitrogens with zero attached hydrogens (tertiary/aromatic N) is 2. The standard InChI is InChI=1S/C23H38N4O6S/c1-8-34(30,31)25-18-9-10-20-19(11-18)22(28)26(6)13-21(32-7)16(4)12-27(17(5)14-33-20)23(29)24-15(2)3/h9-11,15-17,21,25H,8,12-14H2,1-7H3,(H,24,29)/t16-,17-,21-/m1/s1. The number of ether oxygens (including phenoxy) is 2. The molecule has 0 spiro atoms. The lowest BCUT2D eigenvalue weighted by molar-refractivity contribution is 0.0165. The van der Waals surface area contributed by atoms with Crippen LogP contribution in [0.5, 0.6) is 5.75 Å². The van der Waals surface area contributed by atoms with Gasteiger partial charge in [-0.2, -0.15) is 0 Å². The number of carbonyl (C=O) groups is 2. The molecule has 0 aromatic heterocycles. The third-order valence-corrected chi connectivity index (χ3v) is 7.08. The van der Waals surface area contributed by atoms with E-state index in [0.29, 0.717) is 12.3 Å². The van der Waals surface area contributed by atoms with E-state index in [-0.39, 0.29) is 66.2 Å². The molecule has 10 nitrogen and oxygen atoms in total. The van der Waals surface area contributed by atoms with Crippen molar-refractivity contribution >= 4 is 27.6 Å². The molecule has 34 heavy (non-hydrogen) atoms. The van der Waals surface area contributed by atoms with Gasteiger partial charge in [-0.05, 0) is 45.9 Å². The molecule has 11 heteroatoms. The van der Waals surface area contributed by atoms with E-state index in [1.165, 1.54) is 17.9 Å². The van der Waals surface area contributed by atoms with Crippen molar-refractivity contribution in [2.45, 2.75) is 52.8 Å². The highest BCUT2D eigenvalue weighted by atomic mass is 32.2. The highest BCUT2D eigenvalue weighted by molar-refractivity contribution is 7.92. The van der Waals surface area contributed by atoms with E-state index in [2.05, 4.69) is 10.0 Å². The van der Waals surface area contributed by atoms with E-state index in [0.717, 1.165) is 0 Å². The van der Waals surface area contributed by atoms with E-state index in [9.17, 15) is 18.0 Å². The Kier molecular flexibility index (Phi) is 9.57. The number of benzene rings is 1. The first kappa shape index (κ1) is 27.7.